The molecule has 0 bridgehead atoms. The first-order valence-corrected chi connectivity index (χ1v) is 8.67. The summed E-state index contributed by atoms with van der Waals surface area (Å²) in [6.45, 7) is 6.87. The van der Waals surface area contributed by atoms with E-state index in [2.05, 4.69) is 22.9 Å². The first-order valence-electron chi connectivity index (χ1n) is 7.86. The molecule has 1 aromatic carbocycles. The molecular weight excluding hydrogens is 322 g/mol. The van der Waals surface area contributed by atoms with Gasteiger partial charge in [-0.05, 0) is 52.1 Å². The Morgan fingerprint density at radius 1 is 1.33 bits per heavy atom. The third kappa shape index (κ3) is 4.78. The molecule has 128 valence electrons. The van der Waals surface area contributed by atoms with Crippen LogP contribution in [0.3, 0.4) is 0 Å². The third-order valence-corrected chi connectivity index (χ3v) is 5.15. The number of aromatic nitrogens is 1. The third-order valence-electron chi connectivity index (χ3n) is 3.90. The second-order valence-corrected chi connectivity index (χ2v) is 7.13. The lowest BCUT2D eigenvalue weighted by atomic mass is 10.2. The Hall–Kier alpha value is -1.94. The van der Waals surface area contributed by atoms with Gasteiger partial charge < -0.3 is 9.84 Å². The van der Waals surface area contributed by atoms with Crippen molar-refractivity contribution in [1.82, 2.24) is 9.88 Å². The van der Waals surface area contributed by atoms with E-state index < -0.39 is 6.10 Å². The molecule has 1 N–H and O–H groups in total. The highest BCUT2D eigenvalue weighted by Crippen LogP contribution is 2.28. The van der Waals surface area contributed by atoms with E-state index in [9.17, 15) is 5.11 Å². The number of benzene rings is 1. The van der Waals surface area contributed by atoms with Gasteiger partial charge in [-0.2, -0.15) is 5.26 Å². The van der Waals surface area contributed by atoms with Gasteiger partial charge in [0.2, 0.25) is 0 Å². The van der Waals surface area contributed by atoms with Gasteiger partial charge in [-0.1, -0.05) is 0 Å². The van der Waals surface area contributed by atoms with Crippen molar-refractivity contribution in [2.24, 2.45) is 0 Å². The van der Waals surface area contributed by atoms with Crippen molar-refractivity contribution in [3.63, 3.8) is 0 Å². The van der Waals surface area contributed by atoms with E-state index in [0.29, 0.717) is 17.9 Å². The normalized spacial score (nSPS) is 13.5. The molecule has 0 aliphatic rings. The first kappa shape index (κ1) is 18.4. The fraction of sp³-hybridized carbons (Fsp3) is 0.444. The van der Waals surface area contributed by atoms with Crippen LogP contribution in [-0.4, -0.2) is 41.3 Å². The highest BCUT2D eigenvalue weighted by molar-refractivity contribution is 7.11. The number of thiazole rings is 1. The van der Waals surface area contributed by atoms with Crippen molar-refractivity contribution in [2.45, 2.75) is 32.9 Å². The molecular formula is C18H23N3O2S. The molecule has 2 aromatic rings. The number of likely N-dealkylation sites (N-methyl/N-ethyl adjacent to an activating group) is 1. The Labute approximate surface area is 147 Å². The molecule has 2 rings (SSSR count). The van der Waals surface area contributed by atoms with Gasteiger partial charge in [0.25, 0.3) is 0 Å². The van der Waals surface area contributed by atoms with E-state index in [1.54, 1.807) is 35.6 Å². The highest BCUT2D eigenvalue weighted by Gasteiger charge is 2.19. The van der Waals surface area contributed by atoms with E-state index in [1.807, 2.05) is 20.9 Å². The number of hydrogen-bond acceptors (Lipinski definition) is 6. The quantitative estimate of drug-likeness (QED) is 0.835. The van der Waals surface area contributed by atoms with Gasteiger partial charge >= 0.3 is 0 Å². The maximum absolute atomic E-state index is 10.2. The van der Waals surface area contributed by atoms with E-state index in [-0.39, 0.29) is 12.6 Å². The van der Waals surface area contributed by atoms with Crippen LogP contribution in [-0.2, 0) is 0 Å². The van der Waals surface area contributed by atoms with Crippen molar-refractivity contribution in [2.75, 3.05) is 20.2 Å². The van der Waals surface area contributed by atoms with Crippen LogP contribution in [0.2, 0.25) is 0 Å². The standard InChI is InChI=1S/C18H23N3O2S/c1-12-18(24-14(3)20-12)13(2)21(4)10-16(22)11-23-17-7-5-15(9-19)6-8-17/h5-8,13,16,22H,10-11H2,1-4H3. The summed E-state index contributed by atoms with van der Waals surface area (Å²) in [6.07, 6.45) is -0.595. The summed E-state index contributed by atoms with van der Waals surface area (Å²) in [4.78, 5) is 7.80. The molecule has 1 heterocycles. The number of hydrogen-bond donors (Lipinski definition) is 1. The summed E-state index contributed by atoms with van der Waals surface area (Å²) in [6, 6.07) is 9.13. The van der Waals surface area contributed by atoms with Gasteiger partial charge in [0, 0.05) is 17.5 Å². The van der Waals surface area contributed by atoms with Gasteiger partial charge in [0.05, 0.1) is 22.3 Å². The van der Waals surface area contributed by atoms with Crippen LogP contribution in [0.4, 0.5) is 0 Å². The van der Waals surface area contributed by atoms with Gasteiger partial charge in [0.15, 0.2) is 0 Å². The van der Waals surface area contributed by atoms with Crippen molar-refractivity contribution < 1.29 is 9.84 Å². The van der Waals surface area contributed by atoms with Crippen molar-refractivity contribution in [3.05, 3.63) is 45.4 Å². The molecule has 0 saturated carbocycles. The second kappa shape index (κ2) is 8.25. The van der Waals surface area contributed by atoms with Gasteiger partial charge in [-0.25, -0.2) is 4.98 Å². The summed E-state index contributed by atoms with van der Waals surface area (Å²) in [5, 5.41) is 20.1. The fourth-order valence-corrected chi connectivity index (χ4v) is 3.54. The summed E-state index contributed by atoms with van der Waals surface area (Å²) >= 11 is 1.70. The van der Waals surface area contributed by atoms with Crippen LogP contribution < -0.4 is 4.74 Å². The van der Waals surface area contributed by atoms with Crippen LogP contribution in [0, 0.1) is 25.2 Å². The minimum atomic E-state index is -0.595. The first-order chi connectivity index (χ1) is 11.4. The van der Waals surface area contributed by atoms with Gasteiger partial charge in [-0.3, -0.25) is 4.90 Å². The number of aliphatic hydroxyl groups excluding tert-OH is 1. The maximum atomic E-state index is 10.2. The number of aliphatic hydroxyl groups is 1. The Morgan fingerprint density at radius 3 is 2.54 bits per heavy atom. The molecule has 0 aliphatic carbocycles. The molecule has 0 fully saturated rings. The summed E-state index contributed by atoms with van der Waals surface area (Å²) in [7, 11) is 1.99. The number of rotatable bonds is 7. The molecule has 2 atom stereocenters. The smallest absolute Gasteiger partial charge is 0.119 e. The molecule has 6 heteroatoms. The zero-order valence-electron chi connectivity index (χ0n) is 14.5. The van der Waals surface area contributed by atoms with Crippen LogP contribution >= 0.6 is 11.3 Å². The Bertz CT molecular complexity index is 706. The zero-order valence-corrected chi connectivity index (χ0v) is 15.3. The largest absolute Gasteiger partial charge is 0.491 e. The SMILES string of the molecule is Cc1nc(C)c(C(C)N(C)CC(O)COc2ccc(C#N)cc2)s1. The van der Waals surface area contributed by atoms with Crippen molar-refractivity contribution in [3.8, 4) is 11.8 Å². The predicted molar refractivity (Wildman–Crippen MR) is 95.3 cm³/mol. The number of ether oxygens (including phenoxy) is 1. The molecule has 0 spiro atoms. The van der Waals surface area contributed by atoms with Crippen LogP contribution in [0.5, 0.6) is 5.75 Å². The summed E-state index contributed by atoms with van der Waals surface area (Å²) < 4.78 is 5.59. The Morgan fingerprint density at radius 2 is 2.00 bits per heavy atom. The second-order valence-electron chi connectivity index (χ2n) is 5.90. The lowest BCUT2D eigenvalue weighted by Crippen LogP contribution is -2.34. The molecule has 24 heavy (non-hydrogen) atoms. The maximum Gasteiger partial charge on any atom is 0.119 e. The zero-order chi connectivity index (χ0) is 17.7. The van der Waals surface area contributed by atoms with Crippen LogP contribution in [0.1, 0.15) is 34.1 Å². The summed E-state index contributed by atoms with van der Waals surface area (Å²) in [5.41, 5.74) is 1.65. The van der Waals surface area contributed by atoms with E-state index in [0.717, 1.165) is 10.7 Å². The molecule has 0 radical (unpaired) electrons. The van der Waals surface area contributed by atoms with E-state index in [4.69, 9.17) is 10.00 Å². The van der Waals surface area contributed by atoms with Gasteiger partial charge in [0.1, 0.15) is 18.5 Å². The lowest BCUT2D eigenvalue weighted by molar-refractivity contribution is 0.0657. The monoisotopic (exact) mass is 345 g/mol. The molecule has 0 aliphatic heterocycles. The lowest BCUT2D eigenvalue weighted by Gasteiger charge is -2.26. The average Bonchev–Trinajstić information content (AvgIpc) is 2.91. The number of aryl methyl sites for hydroxylation is 2. The predicted octanol–water partition coefficient (Wildman–Crippen LogP) is 3.06. The topological polar surface area (TPSA) is 69.4 Å². The summed E-state index contributed by atoms with van der Waals surface area (Å²) in [5.74, 6) is 0.651. The van der Waals surface area contributed by atoms with Crippen LogP contribution in [0.25, 0.3) is 0 Å². The number of nitrogens with zero attached hydrogens (tertiary/aromatic N) is 3. The minimum Gasteiger partial charge on any atom is -0.491 e. The molecule has 0 saturated heterocycles. The highest BCUT2D eigenvalue weighted by atomic mass is 32.1. The minimum absolute atomic E-state index is 0.195. The average molecular weight is 345 g/mol. The molecule has 0 amide bonds. The van der Waals surface area contributed by atoms with E-state index >= 15 is 0 Å². The Kier molecular flexibility index (Phi) is 6.32. The van der Waals surface area contributed by atoms with Crippen molar-refractivity contribution in [1.29, 1.82) is 5.26 Å². The van der Waals surface area contributed by atoms with E-state index in [1.165, 1.54) is 4.88 Å². The molecule has 5 nitrogen and oxygen atoms in total. The molecule has 1 aromatic heterocycles. The number of nitriles is 1. The van der Waals surface area contributed by atoms with Crippen molar-refractivity contribution >= 4 is 11.3 Å². The Balaban J connectivity index is 1.85. The van der Waals surface area contributed by atoms with Gasteiger partial charge in [-0.15, -0.1) is 11.3 Å². The fourth-order valence-electron chi connectivity index (χ4n) is 2.50. The van der Waals surface area contributed by atoms with Crippen LogP contribution in [0.15, 0.2) is 24.3 Å². The molecule has 2 unspecified atom stereocenters.